The quantitative estimate of drug-likeness (QED) is 0.616. The van der Waals surface area contributed by atoms with Crippen LogP contribution in [0.2, 0.25) is 0 Å². The van der Waals surface area contributed by atoms with Crippen LogP contribution < -0.4 is 10.5 Å². The minimum atomic E-state index is -1.17. The zero-order chi connectivity index (χ0) is 19.0. The fourth-order valence-corrected chi connectivity index (χ4v) is 4.27. The number of amides is 1. The minimum absolute atomic E-state index is 0.0153. The van der Waals surface area contributed by atoms with Crippen molar-refractivity contribution >= 4 is 49.2 Å². The van der Waals surface area contributed by atoms with Crippen LogP contribution >= 0.6 is 27.3 Å². The fourth-order valence-electron chi connectivity index (χ4n) is 2.46. The van der Waals surface area contributed by atoms with Crippen LogP contribution in [0, 0.1) is 11.6 Å². The summed E-state index contributed by atoms with van der Waals surface area (Å²) in [7, 11) is 0. The number of hydrogen-bond donors (Lipinski definition) is 2. The molecule has 134 valence electrons. The molecule has 0 bridgehead atoms. The molecule has 1 amide bonds. The van der Waals surface area contributed by atoms with Gasteiger partial charge in [-0.25, -0.2) is 13.6 Å². The molecule has 0 spiro atoms. The Morgan fingerprint density at radius 3 is 2.46 bits per heavy atom. The molecule has 3 rings (SSSR count). The molecule has 0 fully saturated rings. The highest BCUT2D eigenvalue weighted by Gasteiger charge is 2.22. The summed E-state index contributed by atoms with van der Waals surface area (Å²) in [5.74, 6) is -5.06. The second kappa shape index (κ2) is 7.00. The van der Waals surface area contributed by atoms with Crippen LogP contribution in [-0.2, 0) is 6.61 Å². The molecule has 3 aromatic rings. The van der Waals surface area contributed by atoms with E-state index in [1.54, 1.807) is 18.2 Å². The Hall–Kier alpha value is -2.52. The van der Waals surface area contributed by atoms with Gasteiger partial charge in [0.2, 0.25) is 5.91 Å². The van der Waals surface area contributed by atoms with Crippen LogP contribution in [0.15, 0.2) is 34.8 Å². The van der Waals surface area contributed by atoms with Crippen molar-refractivity contribution < 1.29 is 28.2 Å². The van der Waals surface area contributed by atoms with E-state index in [1.165, 1.54) is 0 Å². The average Bonchev–Trinajstić information content (AvgIpc) is 2.94. The number of carboxylic acid groups (broad SMARTS) is 1. The Balaban J connectivity index is 2.02. The predicted octanol–water partition coefficient (Wildman–Crippen LogP) is 4.32. The van der Waals surface area contributed by atoms with Gasteiger partial charge in [0, 0.05) is 25.7 Å². The summed E-state index contributed by atoms with van der Waals surface area (Å²) in [6.45, 7) is -0.367. The van der Waals surface area contributed by atoms with Crippen LogP contribution in [0.25, 0.3) is 10.1 Å². The maximum absolute atomic E-state index is 14.1. The van der Waals surface area contributed by atoms with E-state index in [1.807, 2.05) is 0 Å². The molecule has 0 unspecified atom stereocenters. The molecule has 1 aromatic heterocycles. The lowest BCUT2D eigenvalue weighted by Gasteiger charge is -2.10. The highest BCUT2D eigenvalue weighted by Crippen LogP contribution is 2.37. The number of carbonyl (C=O) groups excluding carboxylic acids is 1. The van der Waals surface area contributed by atoms with Crippen LogP contribution in [0.1, 0.15) is 25.6 Å². The number of hydrogen-bond acceptors (Lipinski definition) is 4. The van der Waals surface area contributed by atoms with Crippen molar-refractivity contribution in [1.29, 1.82) is 0 Å². The van der Waals surface area contributed by atoms with Crippen LogP contribution in [0.4, 0.5) is 8.78 Å². The number of carboxylic acids is 1. The Kier molecular flexibility index (Phi) is 4.92. The summed E-state index contributed by atoms with van der Waals surface area (Å²) in [5.41, 5.74) is 4.97. The predicted molar refractivity (Wildman–Crippen MR) is 95.7 cm³/mol. The first-order valence-corrected chi connectivity index (χ1v) is 8.75. The molecule has 0 aliphatic heterocycles. The lowest BCUT2D eigenvalue weighted by Crippen LogP contribution is -2.12. The number of benzene rings is 2. The average molecular weight is 442 g/mol. The Bertz CT molecular complexity index is 1030. The molecule has 5 nitrogen and oxygen atoms in total. The number of rotatable bonds is 5. The number of aromatic carboxylic acids is 1. The van der Waals surface area contributed by atoms with E-state index < -0.39 is 29.3 Å². The highest BCUT2D eigenvalue weighted by molar-refractivity contribution is 9.10. The summed E-state index contributed by atoms with van der Waals surface area (Å²) in [4.78, 5) is 22.6. The van der Waals surface area contributed by atoms with E-state index >= 15 is 0 Å². The van der Waals surface area contributed by atoms with Gasteiger partial charge in [-0.3, -0.25) is 4.79 Å². The number of carbonyl (C=O) groups is 2. The van der Waals surface area contributed by atoms with Crippen molar-refractivity contribution in [2.24, 2.45) is 5.73 Å². The molecule has 0 aliphatic carbocycles. The normalized spacial score (nSPS) is 10.9. The monoisotopic (exact) mass is 441 g/mol. The van der Waals surface area contributed by atoms with Gasteiger partial charge in [0.15, 0.2) is 17.4 Å². The zero-order valence-electron chi connectivity index (χ0n) is 12.9. The van der Waals surface area contributed by atoms with Crippen molar-refractivity contribution in [2.75, 3.05) is 0 Å². The van der Waals surface area contributed by atoms with Crippen LogP contribution in [0.5, 0.6) is 5.75 Å². The van der Waals surface area contributed by atoms with Gasteiger partial charge in [-0.1, -0.05) is 22.0 Å². The molecule has 2 aromatic carbocycles. The minimum Gasteiger partial charge on any atom is -0.483 e. The van der Waals surface area contributed by atoms with Gasteiger partial charge in [0.25, 0.3) is 0 Å². The Labute approximate surface area is 158 Å². The molecular weight excluding hydrogens is 432 g/mol. The third-order valence-corrected chi connectivity index (χ3v) is 5.45. The maximum Gasteiger partial charge on any atom is 0.346 e. The molecular formula is C17H10BrF2NO4S. The van der Waals surface area contributed by atoms with Gasteiger partial charge in [-0.15, -0.1) is 11.3 Å². The first kappa shape index (κ1) is 18.3. The third kappa shape index (κ3) is 3.27. The molecule has 1 heterocycles. The van der Waals surface area contributed by atoms with Gasteiger partial charge in [-0.05, 0) is 24.3 Å². The van der Waals surface area contributed by atoms with E-state index in [4.69, 9.17) is 10.5 Å². The van der Waals surface area contributed by atoms with Gasteiger partial charge >= 0.3 is 5.97 Å². The zero-order valence-corrected chi connectivity index (χ0v) is 15.3. The largest absolute Gasteiger partial charge is 0.483 e. The molecule has 0 radical (unpaired) electrons. The Morgan fingerprint density at radius 2 is 1.88 bits per heavy atom. The summed E-state index contributed by atoms with van der Waals surface area (Å²) in [6.07, 6.45) is 0. The van der Waals surface area contributed by atoms with Crippen molar-refractivity contribution in [2.45, 2.75) is 6.61 Å². The number of halogens is 3. The van der Waals surface area contributed by atoms with Gasteiger partial charge in [0.1, 0.15) is 11.5 Å². The van der Waals surface area contributed by atoms with E-state index in [0.29, 0.717) is 20.1 Å². The van der Waals surface area contributed by atoms with Gasteiger partial charge < -0.3 is 15.6 Å². The molecule has 9 heteroatoms. The fraction of sp³-hybridized carbons (Fsp3) is 0.0588. The molecule has 0 saturated heterocycles. The topological polar surface area (TPSA) is 89.6 Å². The van der Waals surface area contributed by atoms with Crippen molar-refractivity contribution in [3.8, 4) is 5.75 Å². The first-order chi connectivity index (χ1) is 12.3. The summed E-state index contributed by atoms with van der Waals surface area (Å²) < 4.78 is 34.7. The van der Waals surface area contributed by atoms with Crippen LogP contribution in [0.3, 0.4) is 0 Å². The second-order valence-electron chi connectivity index (χ2n) is 5.25. The smallest absolute Gasteiger partial charge is 0.346 e. The van der Waals surface area contributed by atoms with Crippen molar-refractivity contribution in [3.05, 3.63) is 62.4 Å². The summed E-state index contributed by atoms with van der Waals surface area (Å²) >= 11 is 4.39. The van der Waals surface area contributed by atoms with Crippen molar-refractivity contribution in [3.63, 3.8) is 0 Å². The second-order valence-corrected chi connectivity index (χ2v) is 7.16. The number of ether oxygens (including phenoxy) is 1. The highest BCUT2D eigenvalue weighted by atomic mass is 79.9. The lowest BCUT2D eigenvalue weighted by atomic mass is 10.1. The van der Waals surface area contributed by atoms with E-state index in [-0.39, 0.29) is 17.0 Å². The van der Waals surface area contributed by atoms with Crippen LogP contribution in [-0.4, -0.2) is 17.0 Å². The number of primary amides is 1. The van der Waals surface area contributed by atoms with E-state index in [0.717, 1.165) is 23.5 Å². The maximum atomic E-state index is 14.1. The van der Waals surface area contributed by atoms with E-state index in [9.17, 15) is 23.5 Å². The molecule has 26 heavy (non-hydrogen) atoms. The number of thiophene rings is 1. The van der Waals surface area contributed by atoms with Crippen molar-refractivity contribution in [1.82, 2.24) is 0 Å². The van der Waals surface area contributed by atoms with Gasteiger partial charge in [0.05, 0.1) is 0 Å². The lowest BCUT2D eigenvalue weighted by molar-refractivity contribution is 0.0699. The standard InChI is InChI=1S/C17H10BrF2NO4S/c18-9-2-1-3-12-13(9)8(15(26-12)17(23)24)6-25-14-10(19)4-7(16(21)22)5-11(14)20/h1-5H,6H2,(H2,21,22)(H,23,24). The van der Waals surface area contributed by atoms with Gasteiger partial charge in [-0.2, -0.15) is 0 Å². The summed E-state index contributed by atoms with van der Waals surface area (Å²) in [6, 6.07) is 6.75. The number of fused-ring (bicyclic) bond motifs is 1. The molecule has 0 saturated carbocycles. The van der Waals surface area contributed by atoms with E-state index in [2.05, 4.69) is 15.9 Å². The molecule has 0 atom stereocenters. The number of nitrogens with two attached hydrogens (primary N) is 1. The molecule has 3 N–H and O–H groups in total. The first-order valence-electron chi connectivity index (χ1n) is 7.14. The summed E-state index contributed by atoms with van der Waals surface area (Å²) in [5, 5.41) is 10.0. The Morgan fingerprint density at radius 1 is 1.23 bits per heavy atom. The molecule has 0 aliphatic rings. The SMILES string of the molecule is NC(=O)c1cc(F)c(OCc2c(C(=O)O)sc3cccc(Br)c23)c(F)c1. The third-order valence-electron chi connectivity index (χ3n) is 3.60.